The van der Waals surface area contributed by atoms with Gasteiger partial charge in [0.25, 0.3) is 0 Å². The minimum Gasteiger partial charge on any atom is -0.163 e. The molecule has 36 valence electrons. The summed E-state index contributed by atoms with van der Waals surface area (Å²) in [5, 5.41) is 7.34. The zero-order chi connectivity index (χ0) is 5.11. The van der Waals surface area contributed by atoms with Gasteiger partial charge in [-0.05, 0) is 0 Å². The van der Waals surface area contributed by atoms with E-state index in [0.717, 1.165) is 12.8 Å². The van der Waals surface area contributed by atoms with Crippen LogP contribution in [0.1, 0.15) is 12.8 Å². The number of terminal acetylenes is 1. The van der Waals surface area contributed by atoms with Crippen molar-refractivity contribution >= 4 is 0 Å². The second kappa shape index (κ2) is 1.74. The zero-order valence-corrected chi connectivity index (χ0v) is 3.96. The Morgan fingerprint density at radius 2 is 2.29 bits per heavy atom. The quantitative estimate of drug-likeness (QED) is 0.459. The second-order valence-electron chi connectivity index (χ2n) is 1.45. The first kappa shape index (κ1) is 4.32. The molecule has 1 rings (SSSR count). The number of hydrogen-bond donors (Lipinski definition) is 0. The van der Waals surface area contributed by atoms with Crippen molar-refractivity contribution in [3.63, 3.8) is 0 Å². The van der Waals surface area contributed by atoms with E-state index in [1.807, 2.05) is 0 Å². The summed E-state index contributed by atoms with van der Waals surface area (Å²) in [7, 11) is 0. The van der Waals surface area contributed by atoms with Gasteiger partial charge in [-0.2, -0.15) is 10.2 Å². The highest BCUT2D eigenvalue weighted by Crippen LogP contribution is 2.15. The van der Waals surface area contributed by atoms with Crippen LogP contribution in [0.3, 0.4) is 0 Å². The molecule has 1 aliphatic rings. The summed E-state index contributed by atoms with van der Waals surface area (Å²) >= 11 is 0. The summed E-state index contributed by atoms with van der Waals surface area (Å²) in [5.74, 6) is 2.52. The third kappa shape index (κ3) is 1.36. The lowest BCUT2D eigenvalue weighted by Crippen LogP contribution is -1.79. The molecule has 2 heteroatoms. The van der Waals surface area contributed by atoms with Crippen LogP contribution in [0, 0.1) is 12.3 Å². The van der Waals surface area contributed by atoms with Crippen LogP contribution in [0.4, 0.5) is 0 Å². The molecular weight excluding hydrogens is 88.1 g/mol. The van der Waals surface area contributed by atoms with E-state index in [-0.39, 0.29) is 6.17 Å². The fraction of sp³-hybridized carbons (Fsp3) is 0.600. The van der Waals surface area contributed by atoms with Gasteiger partial charge >= 0.3 is 0 Å². The van der Waals surface area contributed by atoms with E-state index < -0.39 is 0 Å². The van der Waals surface area contributed by atoms with Gasteiger partial charge in [-0.1, -0.05) is 0 Å². The molecule has 0 spiro atoms. The maximum absolute atomic E-state index is 4.97. The van der Waals surface area contributed by atoms with Crippen molar-refractivity contribution in [2.75, 3.05) is 0 Å². The Balaban J connectivity index is 1.93. The van der Waals surface area contributed by atoms with E-state index >= 15 is 0 Å². The van der Waals surface area contributed by atoms with Crippen molar-refractivity contribution in [3.8, 4) is 12.3 Å². The van der Waals surface area contributed by atoms with E-state index in [9.17, 15) is 0 Å². The lowest BCUT2D eigenvalue weighted by Gasteiger charge is -1.79. The average molecular weight is 94.1 g/mol. The van der Waals surface area contributed by atoms with Gasteiger partial charge in [-0.25, -0.2) is 0 Å². The van der Waals surface area contributed by atoms with Crippen molar-refractivity contribution in [2.24, 2.45) is 10.2 Å². The van der Waals surface area contributed by atoms with Crippen LogP contribution in [0.5, 0.6) is 0 Å². The fourth-order valence-electron chi connectivity index (χ4n) is 0.375. The van der Waals surface area contributed by atoms with Crippen LogP contribution in [-0.4, -0.2) is 6.17 Å². The molecule has 0 atom stereocenters. The van der Waals surface area contributed by atoms with E-state index in [2.05, 4.69) is 16.1 Å². The van der Waals surface area contributed by atoms with Crippen LogP contribution < -0.4 is 0 Å². The van der Waals surface area contributed by atoms with Crippen LogP contribution in [0.25, 0.3) is 0 Å². The van der Waals surface area contributed by atoms with Crippen molar-refractivity contribution in [2.45, 2.75) is 19.0 Å². The summed E-state index contributed by atoms with van der Waals surface area (Å²) in [5.41, 5.74) is 0. The number of nitrogens with zero attached hydrogens (tertiary/aromatic N) is 2. The molecule has 0 saturated heterocycles. The van der Waals surface area contributed by atoms with Gasteiger partial charge in [-0.3, -0.25) is 0 Å². The molecule has 2 nitrogen and oxygen atoms in total. The SMILES string of the molecule is C#CCCC1N=N1. The Labute approximate surface area is 42.6 Å². The van der Waals surface area contributed by atoms with Crippen molar-refractivity contribution in [1.29, 1.82) is 0 Å². The fourth-order valence-corrected chi connectivity index (χ4v) is 0.375. The normalized spacial score (nSPS) is 16.4. The van der Waals surface area contributed by atoms with Gasteiger partial charge in [0.2, 0.25) is 0 Å². The highest BCUT2D eigenvalue weighted by molar-refractivity contribution is 4.86. The van der Waals surface area contributed by atoms with Gasteiger partial charge in [-0.15, -0.1) is 12.3 Å². The minimum atomic E-state index is 0.260. The Morgan fingerprint density at radius 1 is 1.57 bits per heavy atom. The monoisotopic (exact) mass is 94.1 g/mol. The van der Waals surface area contributed by atoms with Crippen LogP contribution in [-0.2, 0) is 0 Å². The maximum atomic E-state index is 4.97. The first-order chi connectivity index (χ1) is 3.43. The topological polar surface area (TPSA) is 24.7 Å². The summed E-state index contributed by atoms with van der Waals surface area (Å²) in [6.45, 7) is 0. The minimum absolute atomic E-state index is 0.260. The lowest BCUT2D eigenvalue weighted by atomic mass is 10.3. The largest absolute Gasteiger partial charge is 0.181 e. The predicted molar refractivity (Wildman–Crippen MR) is 26.7 cm³/mol. The molecule has 0 radical (unpaired) electrons. The number of rotatable bonds is 2. The lowest BCUT2D eigenvalue weighted by molar-refractivity contribution is 0.815. The van der Waals surface area contributed by atoms with E-state index in [4.69, 9.17) is 6.42 Å². The standard InChI is InChI=1S/C5H6N2/c1-2-3-4-5-6-7-5/h1,5H,3-4H2. The first-order valence-corrected chi connectivity index (χ1v) is 2.27. The molecule has 7 heavy (non-hydrogen) atoms. The Bertz CT molecular complexity index is 115. The van der Waals surface area contributed by atoms with Crippen LogP contribution >= 0.6 is 0 Å². The van der Waals surface area contributed by atoms with Gasteiger partial charge in [0.05, 0.1) is 0 Å². The summed E-state index contributed by atoms with van der Waals surface area (Å²) in [6.07, 6.45) is 6.98. The second-order valence-corrected chi connectivity index (χ2v) is 1.45. The molecule has 0 bridgehead atoms. The Kier molecular flexibility index (Phi) is 1.08. The van der Waals surface area contributed by atoms with Crippen LogP contribution in [0.15, 0.2) is 10.2 Å². The molecule has 0 saturated carbocycles. The van der Waals surface area contributed by atoms with E-state index in [1.165, 1.54) is 0 Å². The summed E-state index contributed by atoms with van der Waals surface area (Å²) < 4.78 is 0. The highest BCUT2D eigenvalue weighted by Gasteiger charge is 2.12. The predicted octanol–water partition coefficient (Wildman–Crippen LogP) is 1.19. The Morgan fingerprint density at radius 3 is 2.71 bits per heavy atom. The molecule has 0 amide bonds. The van der Waals surface area contributed by atoms with Gasteiger partial charge in [0, 0.05) is 12.8 Å². The van der Waals surface area contributed by atoms with Crippen LogP contribution in [0.2, 0.25) is 0 Å². The Hall–Kier alpha value is -0.840. The summed E-state index contributed by atoms with van der Waals surface area (Å²) in [6, 6.07) is 0. The molecule has 0 unspecified atom stereocenters. The first-order valence-electron chi connectivity index (χ1n) is 2.27. The third-order valence-electron chi connectivity index (χ3n) is 0.826. The molecule has 1 heterocycles. The average Bonchev–Trinajstić information content (AvgIpc) is 2.42. The highest BCUT2D eigenvalue weighted by atomic mass is 15.4. The van der Waals surface area contributed by atoms with Gasteiger partial charge in [0.15, 0.2) is 6.17 Å². The van der Waals surface area contributed by atoms with E-state index in [0.29, 0.717) is 0 Å². The maximum Gasteiger partial charge on any atom is 0.181 e. The molecule has 1 aliphatic heterocycles. The molecule has 0 fully saturated rings. The third-order valence-corrected chi connectivity index (χ3v) is 0.826. The molecule has 0 aromatic heterocycles. The molecule has 0 aromatic rings. The number of hydrogen-bond acceptors (Lipinski definition) is 2. The molecule has 0 aromatic carbocycles. The van der Waals surface area contributed by atoms with Crippen molar-refractivity contribution in [1.82, 2.24) is 0 Å². The summed E-state index contributed by atoms with van der Waals surface area (Å²) in [4.78, 5) is 0. The molecular formula is C5H6N2. The molecule has 0 aliphatic carbocycles. The van der Waals surface area contributed by atoms with Gasteiger partial charge < -0.3 is 0 Å². The van der Waals surface area contributed by atoms with E-state index in [1.54, 1.807) is 0 Å². The zero-order valence-electron chi connectivity index (χ0n) is 3.96. The van der Waals surface area contributed by atoms with Crippen molar-refractivity contribution < 1.29 is 0 Å². The van der Waals surface area contributed by atoms with Crippen molar-refractivity contribution in [3.05, 3.63) is 0 Å². The molecule has 0 N–H and O–H groups in total. The smallest absolute Gasteiger partial charge is 0.163 e. The van der Waals surface area contributed by atoms with Gasteiger partial charge in [0.1, 0.15) is 0 Å².